The van der Waals surface area contributed by atoms with Crippen molar-refractivity contribution in [3.63, 3.8) is 0 Å². The van der Waals surface area contributed by atoms with Crippen LogP contribution in [0.2, 0.25) is 10.0 Å². The summed E-state index contributed by atoms with van der Waals surface area (Å²) in [6.45, 7) is 0.391. The summed E-state index contributed by atoms with van der Waals surface area (Å²) in [6.07, 6.45) is 7.22. The van der Waals surface area contributed by atoms with Gasteiger partial charge in [0.05, 0.1) is 0 Å². The van der Waals surface area contributed by atoms with Gasteiger partial charge in [0.2, 0.25) is 5.16 Å². The zero-order chi connectivity index (χ0) is 14.3. The molecule has 0 radical (unpaired) electrons. The number of hydrogen-bond acceptors (Lipinski definition) is 1. The summed E-state index contributed by atoms with van der Waals surface area (Å²) in [4.78, 5) is 0. The lowest BCUT2D eigenvalue weighted by atomic mass is 9.73. The van der Waals surface area contributed by atoms with Crippen molar-refractivity contribution >= 4 is 34.8 Å². The zero-order valence-electron chi connectivity index (χ0n) is 10.7. The molecule has 0 N–H and O–H groups in total. The fourth-order valence-electron chi connectivity index (χ4n) is 3.02. The van der Waals surface area contributed by atoms with Gasteiger partial charge in [-0.2, -0.15) is 0 Å². The van der Waals surface area contributed by atoms with Gasteiger partial charge in [-0.05, 0) is 41.8 Å². The van der Waals surface area contributed by atoms with E-state index in [1.807, 2.05) is 24.3 Å². The Balaban J connectivity index is 1.90. The van der Waals surface area contributed by atoms with Crippen LogP contribution in [-0.2, 0) is 0 Å². The van der Waals surface area contributed by atoms with Gasteiger partial charge in [-0.3, -0.25) is 0 Å². The first kappa shape index (κ1) is 14.4. The standard InChI is InChI=1S/C15H14Cl3NO/c16-10-4-5-11(13(17)9-10)12-6-7-14(12)19(20)8-2-1-3-15(19)18/h1-5,9,12,14H,6-8H2/t12-,14-,19?/m0/s1. The molecule has 1 heterocycles. The highest BCUT2D eigenvalue weighted by atomic mass is 35.5. The van der Waals surface area contributed by atoms with Crippen molar-refractivity contribution in [2.75, 3.05) is 6.54 Å². The summed E-state index contributed by atoms with van der Waals surface area (Å²) in [6, 6.07) is 5.41. The SMILES string of the molecule is [O-][N+]1([C@H]2CC[C@H]2c2ccc(Cl)cc2Cl)CC=CC=C1Cl. The third-order valence-corrected chi connectivity index (χ3v) is 5.22. The fourth-order valence-corrected chi connectivity index (χ4v) is 3.83. The third kappa shape index (κ3) is 2.30. The van der Waals surface area contributed by atoms with Crippen LogP contribution in [0.25, 0.3) is 0 Å². The second kappa shape index (κ2) is 5.36. The largest absolute Gasteiger partial charge is 0.626 e. The van der Waals surface area contributed by atoms with Crippen LogP contribution in [0, 0.1) is 5.21 Å². The topological polar surface area (TPSA) is 23.1 Å². The number of hydroxylamine groups is 3. The van der Waals surface area contributed by atoms with Gasteiger partial charge in [-0.15, -0.1) is 0 Å². The molecule has 1 aliphatic heterocycles. The minimum atomic E-state index is -0.471. The number of halogens is 3. The highest BCUT2D eigenvalue weighted by Crippen LogP contribution is 2.48. The molecular formula is C15H14Cl3NO. The molecule has 106 valence electrons. The molecule has 1 aromatic rings. The van der Waals surface area contributed by atoms with Crippen molar-refractivity contribution in [3.8, 4) is 0 Å². The summed E-state index contributed by atoms with van der Waals surface area (Å²) in [5.41, 5.74) is 1.000. The zero-order valence-corrected chi connectivity index (χ0v) is 13.0. The van der Waals surface area contributed by atoms with E-state index in [9.17, 15) is 5.21 Å². The van der Waals surface area contributed by atoms with E-state index >= 15 is 0 Å². The third-order valence-electron chi connectivity index (χ3n) is 4.24. The maximum Gasteiger partial charge on any atom is 0.201 e. The molecule has 0 amide bonds. The van der Waals surface area contributed by atoms with Crippen LogP contribution in [0.15, 0.2) is 41.6 Å². The maximum atomic E-state index is 13.0. The Labute approximate surface area is 133 Å². The van der Waals surface area contributed by atoms with Gasteiger partial charge >= 0.3 is 0 Å². The second-order valence-corrected chi connectivity index (χ2v) is 6.54. The summed E-state index contributed by atoms with van der Waals surface area (Å²) in [7, 11) is 0. The summed E-state index contributed by atoms with van der Waals surface area (Å²) in [5, 5.41) is 14.6. The van der Waals surface area contributed by atoms with Crippen LogP contribution in [0.4, 0.5) is 0 Å². The van der Waals surface area contributed by atoms with Crippen LogP contribution < -0.4 is 0 Å². The highest BCUT2D eigenvalue weighted by molar-refractivity contribution is 6.35. The maximum absolute atomic E-state index is 13.0. The lowest BCUT2D eigenvalue weighted by molar-refractivity contribution is -0.865. The van der Waals surface area contributed by atoms with Crippen LogP contribution >= 0.6 is 34.8 Å². The number of hydrogen-bond donors (Lipinski definition) is 0. The minimum Gasteiger partial charge on any atom is -0.626 e. The normalized spacial score (nSPS) is 32.7. The molecular weight excluding hydrogens is 317 g/mol. The van der Waals surface area contributed by atoms with Crippen molar-refractivity contribution in [2.24, 2.45) is 0 Å². The van der Waals surface area contributed by atoms with Crippen molar-refractivity contribution in [1.82, 2.24) is 0 Å². The van der Waals surface area contributed by atoms with Gasteiger partial charge < -0.3 is 9.85 Å². The number of allylic oxidation sites excluding steroid dienone is 2. The predicted octanol–water partition coefficient (Wildman–Crippen LogP) is 5.20. The minimum absolute atomic E-state index is 0.0672. The Morgan fingerprint density at radius 3 is 2.55 bits per heavy atom. The molecule has 0 spiro atoms. The molecule has 1 aliphatic carbocycles. The molecule has 3 atom stereocenters. The Morgan fingerprint density at radius 2 is 1.95 bits per heavy atom. The second-order valence-electron chi connectivity index (χ2n) is 5.31. The molecule has 0 saturated heterocycles. The van der Waals surface area contributed by atoms with E-state index in [0.717, 1.165) is 18.4 Å². The average Bonchev–Trinajstić information content (AvgIpc) is 2.35. The monoisotopic (exact) mass is 329 g/mol. The van der Waals surface area contributed by atoms with E-state index in [1.165, 1.54) is 0 Å². The van der Waals surface area contributed by atoms with Gasteiger partial charge in [-0.1, -0.05) is 35.3 Å². The van der Waals surface area contributed by atoms with Crippen LogP contribution in [0.1, 0.15) is 24.3 Å². The molecule has 20 heavy (non-hydrogen) atoms. The van der Waals surface area contributed by atoms with Gasteiger partial charge in [0.1, 0.15) is 12.6 Å². The lowest BCUT2D eigenvalue weighted by Gasteiger charge is -2.55. The molecule has 2 nitrogen and oxygen atoms in total. The van der Waals surface area contributed by atoms with Crippen molar-refractivity contribution in [3.05, 3.63) is 62.4 Å². The highest BCUT2D eigenvalue weighted by Gasteiger charge is 2.46. The Morgan fingerprint density at radius 1 is 1.15 bits per heavy atom. The summed E-state index contributed by atoms with van der Waals surface area (Å²) >= 11 is 18.4. The van der Waals surface area contributed by atoms with Crippen LogP contribution in [-0.4, -0.2) is 17.2 Å². The van der Waals surface area contributed by atoms with Gasteiger partial charge in [0, 0.05) is 28.5 Å². The smallest absolute Gasteiger partial charge is 0.201 e. The van der Waals surface area contributed by atoms with Crippen molar-refractivity contribution in [1.29, 1.82) is 0 Å². The number of benzene rings is 1. The quantitative estimate of drug-likeness (QED) is 0.415. The Kier molecular flexibility index (Phi) is 3.87. The predicted molar refractivity (Wildman–Crippen MR) is 83.8 cm³/mol. The molecule has 1 aromatic carbocycles. The first-order chi connectivity index (χ1) is 9.52. The molecule has 1 saturated carbocycles. The van der Waals surface area contributed by atoms with E-state index < -0.39 is 4.65 Å². The molecule has 2 aliphatic rings. The Hall–Kier alpha value is -0.510. The molecule has 5 heteroatoms. The van der Waals surface area contributed by atoms with Gasteiger partial charge in [0.25, 0.3) is 0 Å². The number of quaternary nitrogens is 1. The first-order valence-corrected chi connectivity index (χ1v) is 7.72. The summed E-state index contributed by atoms with van der Waals surface area (Å²) < 4.78 is -0.471. The fraction of sp³-hybridized carbons (Fsp3) is 0.333. The van der Waals surface area contributed by atoms with Crippen molar-refractivity contribution in [2.45, 2.75) is 24.8 Å². The average molecular weight is 331 g/mol. The van der Waals surface area contributed by atoms with Gasteiger partial charge in [-0.25, -0.2) is 0 Å². The van der Waals surface area contributed by atoms with E-state index in [4.69, 9.17) is 34.8 Å². The van der Waals surface area contributed by atoms with Crippen LogP contribution in [0.5, 0.6) is 0 Å². The first-order valence-electron chi connectivity index (χ1n) is 6.59. The van der Waals surface area contributed by atoms with Crippen molar-refractivity contribution < 1.29 is 4.65 Å². The van der Waals surface area contributed by atoms with Crippen LogP contribution in [0.3, 0.4) is 0 Å². The van der Waals surface area contributed by atoms with E-state index in [1.54, 1.807) is 12.1 Å². The Bertz CT molecular complexity index is 599. The van der Waals surface area contributed by atoms with Gasteiger partial charge in [0.15, 0.2) is 0 Å². The molecule has 0 aromatic heterocycles. The molecule has 0 bridgehead atoms. The molecule has 1 unspecified atom stereocenters. The number of nitrogens with zero attached hydrogens (tertiary/aromatic N) is 1. The van der Waals surface area contributed by atoms with E-state index in [-0.39, 0.29) is 12.0 Å². The lowest BCUT2D eigenvalue weighted by Crippen LogP contribution is -2.56. The molecule has 1 fully saturated rings. The summed E-state index contributed by atoms with van der Waals surface area (Å²) in [5.74, 6) is 0.144. The van der Waals surface area contributed by atoms with E-state index in [2.05, 4.69) is 0 Å². The molecule has 3 rings (SSSR count). The van der Waals surface area contributed by atoms with E-state index in [0.29, 0.717) is 21.7 Å². The number of rotatable bonds is 2.